The summed E-state index contributed by atoms with van der Waals surface area (Å²) in [7, 11) is 0. The number of benzene rings is 1. The summed E-state index contributed by atoms with van der Waals surface area (Å²) >= 11 is 0. The van der Waals surface area contributed by atoms with Gasteiger partial charge in [0.15, 0.2) is 5.82 Å². The number of pyridine rings is 1. The Morgan fingerprint density at radius 2 is 2.00 bits per heavy atom. The van der Waals surface area contributed by atoms with Crippen molar-refractivity contribution in [3.8, 4) is 11.4 Å². The molecule has 0 unspecified atom stereocenters. The molecular formula is C15H14N6O2. The van der Waals surface area contributed by atoms with Crippen molar-refractivity contribution in [3.05, 3.63) is 64.6 Å². The van der Waals surface area contributed by atoms with E-state index in [1.807, 2.05) is 30.3 Å². The Kier molecular flexibility index (Phi) is 4.23. The van der Waals surface area contributed by atoms with Crippen LogP contribution in [0.5, 0.6) is 0 Å². The normalized spacial score (nSPS) is 10.4. The highest BCUT2D eigenvalue weighted by Gasteiger charge is 2.13. The van der Waals surface area contributed by atoms with Crippen LogP contribution in [0, 0.1) is 10.1 Å². The Bertz CT molecular complexity index is 802. The summed E-state index contributed by atoms with van der Waals surface area (Å²) < 4.78 is 0. The van der Waals surface area contributed by atoms with E-state index in [0.29, 0.717) is 24.6 Å². The Hall–Kier alpha value is -3.29. The van der Waals surface area contributed by atoms with Gasteiger partial charge in [0.05, 0.1) is 4.92 Å². The van der Waals surface area contributed by atoms with Crippen LogP contribution in [-0.2, 0) is 6.42 Å². The molecule has 23 heavy (non-hydrogen) atoms. The van der Waals surface area contributed by atoms with Gasteiger partial charge in [-0.05, 0) is 6.07 Å². The van der Waals surface area contributed by atoms with Gasteiger partial charge in [-0.1, -0.05) is 30.3 Å². The van der Waals surface area contributed by atoms with Crippen molar-refractivity contribution in [1.82, 2.24) is 20.2 Å². The smallest absolute Gasteiger partial charge is 0.311 e. The molecule has 2 aromatic heterocycles. The molecule has 8 nitrogen and oxygen atoms in total. The zero-order valence-corrected chi connectivity index (χ0v) is 12.1. The van der Waals surface area contributed by atoms with E-state index < -0.39 is 4.92 Å². The summed E-state index contributed by atoms with van der Waals surface area (Å²) in [6.45, 7) is 0.460. The molecule has 0 aliphatic heterocycles. The lowest BCUT2D eigenvalue weighted by molar-refractivity contribution is -0.384. The zero-order valence-electron chi connectivity index (χ0n) is 12.1. The maximum atomic E-state index is 10.9. The number of nitrogens with one attached hydrogen (secondary N) is 2. The monoisotopic (exact) mass is 310 g/mol. The number of rotatable bonds is 6. The summed E-state index contributed by atoms with van der Waals surface area (Å²) in [6.07, 6.45) is 2.06. The van der Waals surface area contributed by atoms with Gasteiger partial charge in [-0.25, -0.2) is 9.97 Å². The van der Waals surface area contributed by atoms with Gasteiger partial charge in [-0.2, -0.15) is 5.10 Å². The fourth-order valence-electron chi connectivity index (χ4n) is 2.10. The third-order valence-corrected chi connectivity index (χ3v) is 3.20. The molecule has 0 spiro atoms. The van der Waals surface area contributed by atoms with E-state index in [4.69, 9.17) is 0 Å². The van der Waals surface area contributed by atoms with Crippen molar-refractivity contribution in [1.29, 1.82) is 0 Å². The highest BCUT2D eigenvalue weighted by Crippen LogP contribution is 2.20. The molecule has 0 amide bonds. The van der Waals surface area contributed by atoms with E-state index in [0.717, 1.165) is 5.56 Å². The number of hydrogen-bond acceptors (Lipinski definition) is 6. The molecule has 0 saturated carbocycles. The summed E-state index contributed by atoms with van der Waals surface area (Å²) in [6, 6.07) is 12.6. The predicted octanol–water partition coefficient (Wildman–Crippen LogP) is 2.43. The Morgan fingerprint density at radius 3 is 2.78 bits per heavy atom. The predicted molar refractivity (Wildman–Crippen MR) is 84.9 cm³/mol. The number of nitro groups is 1. The largest absolute Gasteiger partial charge is 0.364 e. The quantitative estimate of drug-likeness (QED) is 0.534. The molecule has 0 atom stereocenters. The number of H-pyrrole nitrogens is 1. The molecular weight excluding hydrogens is 296 g/mol. The molecule has 0 aliphatic carbocycles. The van der Waals surface area contributed by atoms with Gasteiger partial charge in [-0.15, -0.1) is 0 Å². The summed E-state index contributed by atoms with van der Waals surface area (Å²) in [5.74, 6) is 1.58. The van der Waals surface area contributed by atoms with Crippen LogP contribution in [0.2, 0.25) is 0 Å². The lowest BCUT2D eigenvalue weighted by Gasteiger charge is -2.04. The molecule has 0 saturated heterocycles. The Balaban J connectivity index is 1.62. The van der Waals surface area contributed by atoms with Crippen LogP contribution in [0.15, 0.2) is 48.7 Å². The van der Waals surface area contributed by atoms with Crippen molar-refractivity contribution >= 4 is 11.5 Å². The van der Waals surface area contributed by atoms with Crippen molar-refractivity contribution in [2.24, 2.45) is 0 Å². The van der Waals surface area contributed by atoms with Crippen molar-refractivity contribution in [3.63, 3.8) is 0 Å². The molecule has 0 fully saturated rings. The fourth-order valence-corrected chi connectivity index (χ4v) is 2.10. The van der Waals surface area contributed by atoms with Crippen molar-refractivity contribution in [2.45, 2.75) is 6.42 Å². The Morgan fingerprint density at radius 1 is 1.17 bits per heavy atom. The molecule has 116 valence electrons. The molecule has 3 rings (SSSR count). The van der Waals surface area contributed by atoms with E-state index in [1.165, 1.54) is 18.3 Å². The van der Waals surface area contributed by atoms with E-state index in [-0.39, 0.29) is 11.5 Å². The van der Waals surface area contributed by atoms with Crippen molar-refractivity contribution in [2.75, 3.05) is 11.9 Å². The molecule has 2 N–H and O–H groups in total. The molecule has 2 heterocycles. The first-order valence-corrected chi connectivity index (χ1v) is 7.04. The second kappa shape index (κ2) is 6.65. The average Bonchev–Trinajstić information content (AvgIpc) is 3.05. The standard InChI is InChI=1S/C15H14N6O2/c22-21(23)12-7-4-9-16-15(12)17-10-8-13-18-14(20-19-13)11-5-2-1-3-6-11/h1-7,9H,8,10H2,(H,16,17)(H,18,19,20). The number of hydrogen-bond donors (Lipinski definition) is 2. The maximum absolute atomic E-state index is 10.9. The molecule has 1 aromatic carbocycles. The van der Waals surface area contributed by atoms with Gasteiger partial charge in [-0.3, -0.25) is 15.2 Å². The van der Waals surface area contributed by atoms with Crippen LogP contribution in [0.4, 0.5) is 11.5 Å². The van der Waals surface area contributed by atoms with Crippen LogP contribution >= 0.6 is 0 Å². The molecule has 8 heteroatoms. The molecule has 0 aliphatic rings. The number of aromatic nitrogens is 4. The maximum Gasteiger partial charge on any atom is 0.311 e. The van der Waals surface area contributed by atoms with E-state index in [9.17, 15) is 10.1 Å². The van der Waals surface area contributed by atoms with E-state index >= 15 is 0 Å². The first kappa shape index (κ1) is 14.6. The minimum atomic E-state index is -0.461. The first-order valence-electron chi connectivity index (χ1n) is 7.04. The minimum absolute atomic E-state index is 0.0463. The number of nitrogens with zero attached hydrogens (tertiary/aromatic N) is 4. The third-order valence-electron chi connectivity index (χ3n) is 3.20. The third kappa shape index (κ3) is 3.49. The van der Waals surface area contributed by atoms with Gasteiger partial charge < -0.3 is 5.32 Å². The highest BCUT2D eigenvalue weighted by molar-refractivity contribution is 5.55. The SMILES string of the molecule is O=[N+]([O-])c1cccnc1NCCc1nc(-c2ccccc2)n[nH]1. The average molecular weight is 310 g/mol. The molecule has 0 bridgehead atoms. The zero-order chi connectivity index (χ0) is 16.1. The second-order valence-electron chi connectivity index (χ2n) is 4.78. The van der Waals surface area contributed by atoms with Gasteiger partial charge in [0.2, 0.25) is 5.82 Å². The van der Waals surface area contributed by atoms with Crippen LogP contribution in [0.25, 0.3) is 11.4 Å². The Labute approximate surface area is 131 Å². The molecule has 3 aromatic rings. The number of aromatic amines is 1. The van der Waals surface area contributed by atoms with E-state index in [2.05, 4.69) is 25.5 Å². The van der Waals surface area contributed by atoms with Gasteiger partial charge in [0.25, 0.3) is 0 Å². The summed E-state index contributed by atoms with van der Waals surface area (Å²) in [5, 5.41) is 20.9. The second-order valence-corrected chi connectivity index (χ2v) is 4.78. The van der Waals surface area contributed by atoms with Gasteiger partial charge in [0.1, 0.15) is 5.82 Å². The van der Waals surface area contributed by atoms with Crippen LogP contribution in [-0.4, -0.2) is 31.6 Å². The minimum Gasteiger partial charge on any atom is -0.364 e. The topological polar surface area (TPSA) is 110 Å². The lowest BCUT2D eigenvalue weighted by atomic mass is 10.2. The summed E-state index contributed by atoms with van der Waals surface area (Å²) in [4.78, 5) is 18.8. The lowest BCUT2D eigenvalue weighted by Crippen LogP contribution is -2.09. The highest BCUT2D eigenvalue weighted by atomic mass is 16.6. The van der Waals surface area contributed by atoms with Gasteiger partial charge in [0, 0.05) is 30.8 Å². The van der Waals surface area contributed by atoms with Crippen LogP contribution in [0.3, 0.4) is 0 Å². The fraction of sp³-hybridized carbons (Fsp3) is 0.133. The first-order chi connectivity index (χ1) is 11.2. The summed E-state index contributed by atoms with van der Waals surface area (Å²) in [5.41, 5.74) is 0.887. The number of anilines is 1. The van der Waals surface area contributed by atoms with Gasteiger partial charge >= 0.3 is 5.69 Å². The van der Waals surface area contributed by atoms with E-state index in [1.54, 1.807) is 0 Å². The van der Waals surface area contributed by atoms with Crippen LogP contribution < -0.4 is 5.32 Å². The molecule has 0 radical (unpaired) electrons. The van der Waals surface area contributed by atoms with Crippen molar-refractivity contribution < 1.29 is 4.92 Å². The van der Waals surface area contributed by atoms with Crippen LogP contribution in [0.1, 0.15) is 5.82 Å².